The number of rotatable bonds is 2. The summed E-state index contributed by atoms with van der Waals surface area (Å²) in [4.78, 5) is 4.78. The summed E-state index contributed by atoms with van der Waals surface area (Å²) in [7, 11) is 4.38. The fourth-order valence-electron chi connectivity index (χ4n) is 2.66. The molecule has 0 bridgehead atoms. The first-order chi connectivity index (χ1) is 8.06. The molecule has 1 atom stereocenters. The van der Waals surface area contributed by atoms with Gasteiger partial charge in [-0.25, -0.2) is 0 Å². The molecule has 1 unspecified atom stereocenters. The van der Waals surface area contributed by atoms with Crippen LogP contribution in [-0.2, 0) is 0 Å². The molecule has 0 aromatic heterocycles. The second kappa shape index (κ2) is 4.96. The van der Waals surface area contributed by atoms with Crippen LogP contribution in [0.4, 0.5) is 11.4 Å². The minimum Gasteiger partial charge on any atom is -0.399 e. The lowest BCUT2D eigenvalue weighted by Crippen LogP contribution is -2.45. The van der Waals surface area contributed by atoms with Crippen molar-refractivity contribution in [3.05, 3.63) is 23.8 Å². The number of piperidine rings is 1. The Balaban J connectivity index is 2.15. The van der Waals surface area contributed by atoms with Crippen molar-refractivity contribution in [2.45, 2.75) is 25.8 Å². The highest BCUT2D eigenvalue weighted by Crippen LogP contribution is 2.24. The summed E-state index contributed by atoms with van der Waals surface area (Å²) >= 11 is 0. The van der Waals surface area contributed by atoms with Crippen molar-refractivity contribution in [2.75, 3.05) is 37.8 Å². The number of benzene rings is 1. The van der Waals surface area contributed by atoms with E-state index in [2.05, 4.69) is 43.0 Å². The molecule has 94 valence electrons. The molecule has 1 aliphatic heterocycles. The van der Waals surface area contributed by atoms with Gasteiger partial charge in [-0.3, -0.25) is 0 Å². The van der Waals surface area contributed by atoms with E-state index in [1.54, 1.807) is 0 Å². The standard InChI is InChI=1S/C14H23N3/c1-11-7-12(15)9-14(8-11)17(3)13-5-4-6-16(2)10-13/h7-9,13H,4-6,10,15H2,1-3H3. The topological polar surface area (TPSA) is 32.5 Å². The summed E-state index contributed by atoms with van der Waals surface area (Å²) < 4.78 is 0. The molecule has 0 radical (unpaired) electrons. The summed E-state index contributed by atoms with van der Waals surface area (Å²) in [6, 6.07) is 6.91. The molecular formula is C14H23N3. The van der Waals surface area contributed by atoms with Gasteiger partial charge >= 0.3 is 0 Å². The van der Waals surface area contributed by atoms with Crippen LogP contribution >= 0.6 is 0 Å². The summed E-state index contributed by atoms with van der Waals surface area (Å²) in [6.07, 6.45) is 2.56. The highest BCUT2D eigenvalue weighted by molar-refractivity contribution is 5.58. The van der Waals surface area contributed by atoms with Crippen molar-refractivity contribution in [1.82, 2.24) is 4.90 Å². The molecule has 1 aromatic rings. The van der Waals surface area contributed by atoms with Gasteiger partial charge in [-0.15, -0.1) is 0 Å². The molecule has 0 saturated carbocycles. The van der Waals surface area contributed by atoms with Crippen LogP contribution in [0.25, 0.3) is 0 Å². The summed E-state index contributed by atoms with van der Waals surface area (Å²) in [5.41, 5.74) is 9.25. The minimum atomic E-state index is 0.606. The molecule has 3 nitrogen and oxygen atoms in total. The molecule has 1 saturated heterocycles. The summed E-state index contributed by atoms with van der Waals surface area (Å²) in [5.74, 6) is 0. The zero-order chi connectivity index (χ0) is 12.4. The molecule has 1 aromatic carbocycles. The van der Waals surface area contributed by atoms with Gasteiger partial charge in [-0.2, -0.15) is 0 Å². The number of nitrogen functional groups attached to an aromatic ring is 1. The first kappa shape index (κ1) is 12.2. The molecule has 3 heteroatoms. The minimum absolute atomic E-state index is 0.606. The lowest BCUT2D eigenvalue weighted by Gasteiger charge is -2.37. The van der Waals surface area contributed by atoms with Crippen LogP contribution < -0.4 is 10.6 Å². The predicted molar refractivity (Wildman–Crippen MR) is 74.5 cm³/mol. The maximum Gasteiger partial charge on any atom is 0.0414 e. The Morgan fingerprint density at radius 3 is 2.76 bits per heavy atom. The Morgan fingerprint density at radius 2 is 2.12 bits per heavy atom. The summed E-state index contributed by atoms with van der Waals surface area (Å²) in [6.45, 7) is 4.46. The second-order valence-corrected chi connectivity index (χ2v) is 5.27. The molecule has 1 fully saturated rings. The molecule has 2 N–H and O–H groups in total. The predicted octanol–water partition coefficient (Wildman–Crippen LogP) is 2.11. The Morgan fingerprint density at radius 1 is 1.35 bits per heavy atom. The maximum atomic E-state index is 5.92. The molecule has 0 spiro atoms. The van der Waals surface area contributed by atoms with Gasteiger partial charge < -0.3 is 15.5 Å². The molecule has 0 aliphatic carbocycles. The molecule has 1 heterocycles. The molecule has 17 heavy (non-hydrogen) atoms. The Bertz CT molecular complexity index is 369. The van der Waals surface area contributed by atoms with E-state index in [1.165, 1.54) is 30.6 Å². The van der Waals surface area contributed by atoms with E-state index in [9.17, 15) is 0 Å². The highest BCUT2D eigenvalue weighted by Gasteiger charge is 2.21. The van der Waals surface area contributed by atoms with Gasteiger partial charge in [0, 0.05) is 31.0 Å². The molecular weight excluding hydrogens is 210 g/mol. The molecule has 0 amide bonds. The fraction of sp³-hybridized carbons (Fsp3) is 0.571. The number of nitrogens with zero attached hydrogens (tertiary/aromatic N) is 2. The van der Waals surface area contributed by atoms with E-state index < -0.39 is 0 Å². The van der Waals surface area contributed by atoms with Gasteiger partial charge in [0.05, 0.1) is 0 Å². The number of hydrogen-bond donors (Lipinski definition) is 1. The van der Waals surface area contributed by atoms with Crippen molar-refractivity contribution in [3.8, 4) is 0 Å². The van der Waals surface area contributed by atoms with E-state index in [0.29, 0.717) is 6.04 Å². The van der Waals surface area contributed by atoms with Crippen LogP contribution in [0.3, 0.4) is 0 Å². The van der Waals surface area contributed by atoms with E-state index in [4.69, 9.17) is 5.73 Å². The lowest BCUT2D eigenvalue weighted by molar-refractivity contribution is 0.248. The van der Waals surface area contributed by atoms with Crippen molar-refractivity contribution < 1.29 is 0 Å². The number of nitrogens with two attached hydrogens (primary N) is 1. The van der Waals surface area contributed by atoms with Gasteiger partial charge in [0.1, 0.15) is 0 Å². The summed E-state index contributed by atoms with van der Waals surface area (Å²) in [5, 5.41) is 0. The third kappa shape index (κ3) is 2.91. The van der Waals surface area contributed by atoms with Gasteiger partial charge in [0.15, 0.2) is 0 Å². The number of likely N-dealkylation sites (N-methyl/N-ethyl adjacent to an activating group) is 2. The first-order valence-corrected chi connectivity index (χ1v) is 6.35. The van der Waals surface area contributed by atoms with E-state index >= 15 is 0 Å². The van der Waals surface area contributed by atoms with Crippen molar-refractivity contribution in [2.24, 2.45) is 0 Å². The average molecular weight is 233 g/mol. The zero-order valence-electron chi connectivity index (χ0n) is 11.1. The van der Waals surface area contributed by atoms with Crippen molar-refractivity contribution in [3.63, 3.8) is 0 Å². The second-order valence-electron chi connectivity index (χ2n) is 5.27. The Hall–Kier alpha value is -1.22. The Labute approximate surface area is 104 Å². The SMILES string of the molecule is Cc1cc(N)cc(N(C)C2CCCN(C)C2)c1. The van der Waals surface area contributed by atoms with Gasteiger partial charge in [0.25, 0.3) is 0 Å². The largest absolute Gasteiger partial charge is 0.399 e. The van der Waals surface area contributed by atoms with Crippen LogP contribution in [0.5, 0.6) is 0 Å². The molecule has 2 rings (SSSR count). The van der Waals surface area contributed by atoms with E-state index in [1.807, 2.05) is 6.07 Å². The quantitative estimate of drug-likeness (QED) is 0.794. The van der Waals surface area contributed by atoms with Crippen LogP contribution in [0.15, 0.2) is 18.2 Å². The van der Waals surface area contributed by atoms with Crippen LogP contribution in [0, 0.1) is 6.92 Å². The zero-order valence-corrected chi connectivity index (χ0v) is 11.1. The van der Waals surface area contributed by atoms with Crippen LogP contribution in [0.1, 0.15) is 18.4 Å². The number of hydrogen-bond acceptors (Lipinski definition) is 3. The number of anilines is 2. The van der Waals surface area contributed by atoms with Crippen LogP contribution in [-0.4, -0.2) is 38.1 Å². The lowest BCUT2D eigenvalue weighted by atomic mass is 10.0. The maximum absolute atomic E-state index is 5.92. The van der Waals surface area contributed by atoms with Crippen LogP contribution in [0.2, 0.25) is 0 Å². The van der Waals surface area contributed by atoms with Gasteiger partial charge in [-0.05, 0) is 57.1 Å². The van der Waals surface area contributed by atoms with Crippen molar-refractivity contribution in [1.29, 1.82) is 0 Å². The highest BCUT2D eigenvalue weighted by atomic mass is 15.2. The first-order valence-electron chi connectivity index (χ1n) is 6.35. The van der Waals surface area contributed by atoms with Crippen molar-refractivity contribution >= 4 is 11.4 Å². The average Bonchev–Trinajstić information content (AvgIpc) is 2.26. The fourth-order valence-corrected chi connectivity index (χ4v) is 2.66. The smallest absolute Gasteiger partial charge is 0.0414 e. The van der Waals surface area contributed by atoms with Gasteiger partial charge in [-0.1, -0.05) is 0 Å². The third-order valence-electron chi connectivity index (χ3n) is 3.64. The third-order valence-corrected chi connectivity index (χ3v) is 3.64. The van der Waals surface area contributed by atoms with Gasteiger partial charge in [0.2, 0.25) is 0 Å². The molecule has 1 aliphatic rings. The Kier molecular flexibility index (Phi) is 3.57. The number of likely N-dealkylation sites (tertiary alicyclic amines) is 1. The van der Waals surface area contributed by atoms with E-state index in [0.717, 1.165) is 12.2 Å². The van der Waals surface area contributed by atoms with E-state index in [-0.39, 0.29) is 0 Å². The number of aryl methyl sites for hydroxylation is 1. The monoisotopic (exact) mass is 233 g/mol. The normalized spacial score (nSPS) is 21.5.